The van der Waals surface area contributed by atoms with Crippen LogP contribution in [0.5, 0.6) is 0 Å². The molecule has 0 fully saturated rings. The highest BCUT2D eigenvalue weighted by atomic mass is 19.4. The van der Waals surface area contributed by atoms with Gasteiger partial charge in [-0.25, -0.2) is 0 Å². The van der Waals surface area contributed by atoms with Gasteiger partial charge in [-0.1, -0.05) is 12.1 Å². The van der Waals surface area contributed by atoms with Crippen molar-refractivity contribution < 1.29 is 18.0 Å². The summed E-state index contributed by atoms with van der Waals surface area (Å²) in [4.78, 5) is 25.6. The van der Waals surface area contributed by atoms with E-state index in [1.807, 2.05) is 0 Å². The Labute approximate surface area is 105 Å². The molecule has 0 aliphatic rings. The molecule has 100 valence electrons. The van der Waals surface area contributed by atoms with E-state index in [1.165, 1.54) is 12.1 Å². The van der Waals surface area contributed by atoms with Crippen molar-refractivity contribution in [1.82, 2.24) is 4.98 Å². The Hall–Kier alpha value is -2.31. The number of nitrogens with two attached hydrogens (primary N) is 1. The number of fused-ring (bicyclic) bond motifs is 1. The van der Waals surface area contributed by atoms with Crippen LogP contribution in [0, 0.1) is 0 Å². The lowest BCUT2D eigenvalue weighted by molar-refractivity contribution is -0.127. The van der Waals surface area contributed by atoms with E-state index in [4.69, 9.17) is 5.73 Å². The number of primary amides is 1. The van der Waals surface area contributed by atoms with E-state index in [2.05, 4.69) is 4.98 Å². The maximum Gasteiger partial charge on any atom is 0.394 e. The predicted octanol–water partition coefficient (Wildman–Crippen LogP) is 1.73. The molecule has 0 aliphatic carbocycles. The van der Waals surface area contributed by atoms with Crippen molar-refractivity contribution in [1.29, 1.82) is 0 Å². The fraction of sp³-hybridized carbons (Fsp3) is 0.167. The summed E-state index contributed by atoms with van der Waals surface area (Å²) in [5, 5.41) is 0.127. The Bertz CT molecular complexity index is 704. The van der Waals surface area contributed by atoms with Gasteiger partial charge in [0, 0.05) is 16.6 Å². The smallest absolute Gasteiger partial charge is 0.365 e. The number of hydrogen-bond acceptors (Lipinski definition) is 2. The topological polar surface area (TPSA) is 76.0 Å². The number of amides is 1. The molecule has 1 aromatic heterocycles. The SMILES string of the molecule is NC(=O)c1c(CC(F)(F)F)[nH]c2ccccc2c1=O. The minimum atomic E-state index is -4.55. The number of carbonyl (C=O) groups is 1. The third kappa shape index (κ3) is 2.59. The van der Waals surface area contributed by atoms with Crippen LogP contribution in [0.3, 0.4) is 0 Å². The Morgan fingerprint density at radius 2 is 1.89 bits per heavy atom. The van der Waals surface area contributed by atoms with Crippen LogP contribution in [-0.4, -0.2) is 17.1 Å². The van der Waals surface area contributed by atoms with Gasteiger partial charge in [-0.2, -0.15) is 13.2 Å². The van der Waals surface area contributed by atoms with E-state index in [0.717, 1.165) is 0 Å². The summed E-state index contributed by atoms with van der Waals surface area (Å²) in [6.07, 6.45) is -5.96. The highest BCUT2D eigenvalue weighted by Gasteiger charge is 2.31. The van der Waals surface area contributed by atoms with Crippen molar-refractivity contribution in [2.45, 2.75) is 12.6 Å². The first-order valence-corrected chi connectivity index (χ1v) is 5.30. The summed E-state index contributed by atoms with van der Waals surface area (Å²) in [5.74, 6) is -1.17. The largest absolute Gasteiger partial charge is 0.394 e. The van der Waals surface area contributed by atoms with Gasteiger partial charge in [0.2, 0.25) is 5.43 Å². The Balaban J connectivity index is 2.78. The molecule has 2 aromatic rings. The second kappa shape index (κ2) is 4.42. The third-order valence-electron chi connectivity index (χ3n) is 2.61. The molecule has 19 heavy (non-hydrogen) atoms. The molecule has 7 heteroatoms. The number of para-hydroxylation sites is 1. The second-order valence-corrected chi connectivity index (χ2v) is 4.01. The number of alkyl halides is 3. The molecule has 4 nitrogen and oxygen atoms in total. The standard InChI is InChI=1S/C12H9F3N2O2/c13-12(14,15)5-8-9(11(16)19)10(18)6-3-1-2-4-7(6)17-8/h1-4H,5H2,(H2,16,19)(H,17,18). The first kappa shape index (κ1) is 13.1. The third-order valence-corrected chi connectivity index (χ3v) is 2.61. The molecule has 1 amide bonds. The van der Waals surface area contributed by atoms with Crippen molar-refractivity contribution in [3.05, 3.63) is 45.7 Å². The Morgan fingerprint density at radius 1 is 1.26 bits per heavy atom. The monoisotopic (exact) mass is 270 g/mol. The molecule has 3 N–H and O–H groups in total. The quantitative estimate of drug-likeness (QED) is 0.872. The Kier molecular flexibility index (Phi) is 3.05. The summed E-state index contributed by atoms with van der Waals surface area (Å²) in [7, 11) is 0. The average molecular weight is 270 g/mol. The molecule has 2 rings (SSSR count). The number of aromatic amines is 1. The fourth-order valence-electron chi connectivity index (χ4n) is 1.88. The number of H-pyrrole nitrogens is 1. The number of aromatic nitrogens is 1. The Morgan fingerprint density at radius 3 is 2.47 bits per heavy atom. The van der Waals surface area contributed by atoms with Crippen LogP contribution in [0.25, 0.3) is 10.9 Å². The van der Waals surface area contributed by atoms with Crippen LogP contribution in [0.1, 0.15) is 16.1 Å². The van der Waals surface area contributed by atoms with Crippen molar-refractivity contribution in [3.63, 3.8) is 0 Å². The van der Waals surface area contributed by atoms with Crippen LogP contribution < -0.4 is 11.2 Å². The van der Waals surface area contributed by atoms with Gasteiger partial charge in [0.05, 0.1) is 6.42 Å². The fourth-order valence-corrected chi connectivity index (χ4v) is 1.88. The molecule has 0 spiro atoms. The predicted molar refractivity (Wildman–Crippen MR) is 62.8 cm³/mol. The second-order valence-electron chi connectivity index (χ2n) is 4.01. The number of pyridine rings is 1. The number of hydrogen-bond donors (Lipinski definition) is 2. The normalized spacial score (nSPS) is 11.7. The number of nitrogens with one attached hydrogen (secondary N) is 1. The van der Waals surface area contributed by atoms with E-state index in [-0.39, 0.29) is 10.9 Å². The van der Waals surface area contributed by atoms with Crippen molar-refractivity contribution in [3.8, 4) is 0 Å². The lowest BCUT2D eigenvalue weighted by Gasteiger charge is -2.11. The van der Waals surface area contributed by atoms with E-state index in [0.29, 0.717) is 0 Å². The van der Waals surface area contributed by atoms with Crippen LogP contribution in [0.15, 0.2) is 29.1 Å². The number of halogens is 3. The minimum absolute atomic E-state index is 0.127. The van der Waals surface area contributed by atoms with Gasteiger partial charge >= 0.3 is 6.18 Å². The van der Waals surface area contributed by atoms with Gasteiger partial charge in [0.15, 0.2) is 0 Å². The lowest BCUT2D eigenvalue weighted by Crippen LogP contribution is -2.27. The maximum atomic E-state index is 12.4. The summed E-state index contributed by atoms with van der Waals surface area (Å²) in [6.45, 7) is 0. The maximum absolute atomic E-state index is 12.4. The highest BCUT2D eigenvalue weighted by Crippen LogP contribution is 2.22. The number of rotatable bonds is 2. The summed E-state index contributed by atoms with van der Waals surface area (Å²) in [6, 6.07) is 5.99. The van der Waals surface area contributed by atoms with Gasteiger partial charge in [-0.05, 0) is 12.1 Å². The van der Waals surface area contributed by atoms with Gasteiger partial charge in [-0.15, -0.1) is 0 Å². The molecule has 0 atom stereocenters. The molecule has 0 saturated heterocycles. The van der Waals surface area contributed by atoms with E-state index < -0.39 is 35.2 Å². The molecule has 0 saturated carbocycles. The van der Waals surface area contributed by atoms with Gasteiger partial charge in [0.25, 0.3) is 5.91 Å². The molecule has 0 unspecified atom stereocenters. The molecular weight excluding hydrogens is 261 g/mol. The van der Waals surface area contributed by atoms with Crippen molar-refractivity contribution >= 4 is 16.8 Å². The zero-order valence-electron chi connectivity index (χ0n) is 9.54. The first-order valence-electron chi connectivity index (χ1n) is 5.30. The molecule has 1 aromatic carbocycles. The van der Waals surface area contributed by atoms with E-state index in [1.54, 1.807) is 12.1 Å². The molecule has 0 aliphatic heterocycles. The van der Waals surface area contributed by atoms with E-state index in [9.17, 15) is 22.8 Å². The van der Waals surface area contributed by atoms with Gasteiger partial charge in [0.1, 0.15) is 5.56 Å². The summed E-state index contributed by atoms with van der Waals surface area (Å²) < 4.78 is 37.3. The lowest BCUT2D eigenvalue weighted by atomic mass is 10.1. The molecule has 0 bridgehead atoms. The summed E-state index contributed by atoms with van der Waals surface area (Å²) >= 11 is 0. The summed E-state index contributed by atoms with van der Waals surface area (Å²) in [5.41, 5.74) is 3.29. The van der Waals surface area contributed by atoms with E-state index >= 15 is 0 Å². The number of carbonyl (C=O) groups excluding carboxylic acids is 1. The van der Waals surface area contributed by atoms with Gasteiger partial charge in [-0.3, -0.25) is 9.59 Å². The number of benzene rings is 1. The first-order chi connectivity index (χ1) is 8.79. The van der Waals surface area contributed by atoms with Crippen molar-refractivity contribution in [2.24, 2.45) is 5.73 Å². The van der Waals surface area contributed by atoms with Crippen LogP contribution >= 0.6 is 0 Å². The molecule has 1 heterocycles. The molecule has 0 radical (unpaired) electrons. The zero-order valence-corrected chi connectivity index (χ0v) is 9.54. The average Bonchev–Trinajstić information content (AvgIpc) is 2.26. The zero-order chi connectivity index (χ0) is 14.2. The van der Waals surface area contributed by atoms with Gasteiger partial charge < -0.3 is 10.7 Å². The van der Waals surface area contributed by atoms with Crippen LogP contribution in [0.4, 0.5) is 13.2 Å². The highest BCUT2D eigenvalue weighted by molar-refractivity contribution is 5.97. The minimum Gasteiger partial charge on any atom is -0.365 e. The van der Waals surface area contributed by atoms with Crippen molar-refractivity contribution in [2.75, 3.05) is 0 Å². The van der Waals surface area contributed by atoms with Crippen LogP contribution in [0.2, 0.25) is 0 Å². The molecular formula is C12H9F3N2O2. The van der Waals surface area contributed by atoms with Crippen LogP contribution in [-0.2, 0) is 6.42 Å².